The number of nitro benzene ring substituents is 1. The van der Waals surface area contributed by atoms with Crippen molar-refractivity contribution < 1.29 is 9.72 Å². The van der Waals surface area contributed by atoms with E-state index in [2.05, 4.69) is 34.4 Å². The van der Waals surface area contributed by atoms with Crippen LogP contribution in [0.2, 0.25) is 0 Å². The lowest BCUT2D eigenvalue weighted by atomic mass is 10.2. The second-order valence-corrected chi connectivity index (χ2v) is 7.36. The van der Waals surface area contributed by atoms with Gasteiger partial charge in [-0.05, 0) is 36.3 Å². The predicted molar refractivity (Wildman–Crippen MR) is 106 cm³/mol. The van der Waals surface area contributed by atoms with Crippen LogP contribution in [0.25, 0.3) is 0 Å². The van der Waals surface area contributed by atoms with Gasteiger partial charge in [-0.25, -0.2) is 9.97 Å². The van der Waals surface area contributed by atoms with Crippen molar-refractivity contribution in [3.8, 4) is 0 Å². The molecule has 0 bridgehead atoms. The zero-order chi connectivity index (χ0) is 19.6. The summed E-state index contributed by atoms with van der Waals surface area (Å²) in [4.78, 5) is 31.8. The summed E-state index contributed by atoms with van der Waals surface area (Å²) in [5.74, 6) is 1.46. The minimum absolute atomic E-state index is 0.0350. The van der Waals surface area contributed by atoms with Crippen molar-refractivity contribution in [2.45, 2.75) is 25.2 Å². The van der Waals surface area contributed by atoms with Gasteiger partial charge in [0.1, 0.15) is 0 Å². The lowest BCUT2D eigenvalue weighted by Gasteiger charge is -2.09. The standard InChI is InChI=1S/C18H23N5O3S/c1-13(2)6-11-27-16-5-4-14(12-15(16)23(25)26)17(24)19-9-10-22-18-20-7-3-8-21-18/h3-5,7-8,12-13H,6,9-11H2,1-2H3,(H,19,24)(H,20,21,22). The van der Waals surface area contributed by atoms with Crippen molar-refractivity contribution >= 4 is 29.3 Å². The number of rotatable bonds is 10. The molecule has 2 rings (SSSR count). The Morgan fingerprint density at radius 2 is 2.00 bits per heavy atom. The minimum Gasteiger partial charge on any atom is -0.352 e. The molecule has 0 saturated heterocycles. The first kappa shape index (κ1) is 20.6. The minimum atomic E-state index is -0.442. The third-order valence-electron chi connectivity index (χ3n) is 3.63. The molecule has 0 aliphatic rings. The Labute approximate surface area is 162 Å². The maximum atomic E-state index is 12.2. The Kier molecular flexibility index (Phi) is 8.00. The number of nitro groups is 1. The molecular weight excluding hydrogens is 366 g/mol. The van der Waals surface area contributed by atoms with Gasteiger partial charge in [0, 0.05) is 37.1 Å². The molecule has 1 aromatic heterocycles. The summed E-state index contributed by atoms with van der Waals surface area (Å²) in [5.41, 5.74) is 0.234. The normalized spacial score (nSPS) is 10.6. The summed E-state index contributed by atoms with van der Waals surface area (Å²) < 4.78 is 0. The van der Waals surface area contributed by atoms with Crippen LogP contribution in [0.15, 0.2) is 41.6 Å². The van der Waals surface area contributed by atoms with Gasteiger partial charge in [0.15, 0.2) is 0 Å². The fourth-order valence-electron chi connectivity index (χ4n) is 2.17. The summed E-state index contributed by atoms with van der Waals surface area (Å²) in [5, 5.41) is 17.0. The average molecular weight is 389 g/mol. The SMILES string of the molecule is CC(C)CCSc1ccc(C(=O)NCCNc2ncccn2)cc1[N+](=O)[O-]. The number of hydrogen-bond donors (Lipinski definition) is 2. The third kappa shape index (κ3) is 6.86. The first-order valence-electron chi connectivity index (χ1n) is 8.67. The maximum Gasteiger partial charge on any atom is 0.283 e. The second kappa shape index (κ2) is 10.5. The van der Waals surface area contributed by atoms with Gasteiger partial charge in [-0.3, -0.25) is 14.9 Å². The number of nitrogens with one attached hydrogen (secondary N) is 2. The third-order valence-corrected chi connectivity index (χ3v) is 4.73. The summed E-state index contributed by atoms with van der Waals surface area (Å²) in [6, 6.07) is 6.31. The van der Waals surface area contributed by atoms with Crippen molar-refractivity contribution in [2.75, 3.05) is 24.2 Å². The van der Waals surface area contributed by atoms with Crippen molar-refractivity contribution in [1.82, 2.24) is 15.3 Å². The van der Waals surface area contributed by atoms with Crippen molar-refractivity contribution in [3.63, 3.8) is 0 Å². The number of thioether (sulfide) groups is 1. The van der Waals surface area contributed by atoms with Crippen LogP contribution in [0.4, 0.5) is 11.6 Å². The van der Waals surface area contributed by atoms with Crippen LogP contribution < -0.4 is 10.6 Å². The monoisotopic (exact) mass is 389 g/mol. The highest BCUT2D eigenvalue weighted by atomic mass is 32.2. The molecule has 2 N–H and O–H groups in total. The molecule has 0 unspecified atom stereocenters. The number of hydrogen-bond acceptors (Lipinski definition) is 7. The molecule has 0 atom stereocenters. The Bertz CT molecular complexity index is 771. The number of amides is 1. The van der Waals surface area contributed by atoms with E-state index in [1.807, 2.05) is 0 Å². The van der Waals surface area contributed by atoms with E-state index in [9.17, 15) is 14.9 Å². The number of nitrogens with zero attached hydrogens (tertiary/aromatic N) is 3. The number of carbonyl (C=O) groups excluding carboxylic acids is 1. The molecular formula is C18H23N5O3S. The maximum absolute atomic E-state index is 12.2. The molecule has 0 aliphatic heterocycles. The van der Waals surface area contributed by atoms with Crippen LogP contribution in [-0.2, 0) is 0 Å². The molecule has 144 valence electrons. The first-order chi connectivity index (χ1) is 13.0. The summed E-state index contributed by atoms with van der Waals surface area (Å²) in [7, 11) is 0. The van der Waals surface area contributed by atoms with E-state index in [1.54, 1.807) is 30.6 Å². The van der Waals surface area contributed by atoms with E-state index in [0.717, 1.165) is 12.2 Å². The highest BCUT2D eigenvalue weighted by Crippen LogP contribution is 2.31. The zero-order valence-electron chi connectivity index (χ0n) is 15.3. The molecule has 1 amide bonds. The number of carbonyl (C=O) groups is 1. The Morgan fingerprint density at radius 1 is 1.26 bits per heavy atom. The summed E-state index contributed by atoms with van der Waals surface area (Å²) >= 11 is 1.45. The molecule has 1 heterocycles. The molecule has 0 saturated carbocycles. The molecule has 0 spiro atoms. The second-order valence-electron chi connectivity index (χ2n) is 6.23. The van der Waals surface area contributed by atoms with E-state index in [0.29, 0.717) is 29.9 Å². The average Bonchev–Trinajstić information content (AvgIpc) is 2.65. The lowest BCUT2D eigenvalue weighted by Crippen LogP contribution is -2.29. The van der Waals surface area contributed by atoms with Gasteiger partial charge in [0.2, 0.25) is 5.95 Å². The highest BCUT2D eigenvalue weighted by Gasteiger charge is 2.18. The molecule has 0 fully saturated rings. The van der Waals surface area contributed by atoms with Crippen LogP contribution in [-0.4, -0.2) is 39.6 Å². The quantitative estimate of drug-likeness (QED) is 0.277. The van der Waals surface area contributed by atoms with Gasteiger partial charge in [-0.15, -0.1) is 11.8 Å². The predicted octanol–water partition coefficient (Wildman–Crippen LogP) is 3.36. The summed E-state index contributed by atoms with van der Waals surface area (Å²) in [6.07, 6.45) is 4.21. The van der Waals surface area contributed by atoms with E-state index >= 15 is 0 Å². The highest BCUT2D eigenvalue weighted by molar-refractivity contribution is 7.99. The number of anilines is 1. The fourth-order valence-corrected chi connectivity index (χ4v) is 3.43. The topological polar surface area (TPSA) is 110 Å². The van der Waals surface area contributed by atoms with Crippen LogP contribution in [0.5, 0.6) is 0 Å². The van der Waals surface area contributed by atoms with E-state index in [4.69, 9.17) is 0 Å². The molecule has 8 nitrogen and oxygen atoms in total. The van der Waals surface area contributed by atoms with Gasteiger partial charge in [0.25, 0.3) is 11.6 Å². The molecule has 0 aliphatic carbocycles. The van der Waals surface area contributed by atoms with Gasteiger partial charge in [-0.1, -0.05) is 13.8 Å². The number of aromatic nitrogens is 2. The molecule has 27 heavy (non-hydrogen) atoms. The fraction of sp³-hybridized carbons (Fsp3) is 0.389. The van der Waals surface area contributed by atoms with E-state index < -0.39 is 4.92 Å². The van der Waals surface area contributed by atoms with Crippen LogP contribution in [0.1, 0.15) is 30.6 Å². The van der Waals surface area contributed by atoms with Crippen LogP contribution in [0.3, 0.4) is 0 Å². The summed E-state index contributed by atoms with van der Waals surface area (Å²) in [6.45, 7) is 5.01. The van der Waals surface area contributed by atoms with Crippen LogP contribution >= 0.6 is 11.8 Å². The smallest absolute Gasteiger partial charge is 0.283 e. The van der Waals surface area contributed by atoms with Crippen molar-refractivity contribution in [3.05, 3.63) is 52.3 Å². The lowest BCUT2D eigenvalue weighted by molar-refractivity contribution is -0.387. The number of benzene rings is 1. The molecule has 9 heteroatoms. The van der Waals surface area contributed by atoms with Crippen molar-refractivity contribution in [1.29, 1.82) is 0 Å². The molecule has 0 radical (unpaired) electrons. The molecule has 2 aromatic rings. The largest absolute Gasteiger partial charge is 0.352 e. The van der Waals surface area contributed by atoms with E-state index in [1.165, 1.54) is 17.8 Å². The van der Waals surface area contributed by atoms with Gasteiger partial charge >= 0.3 is 0 Å². The van der Waals surface area contributed by atoms with E-state index in [-0.39, 0.29) is 17.2 Å². The van der Waals surface area contributed by atoms with Gasteiger partial charge in [0.05, 0.1) is 9.82 Å². The van der Waals surface area contributed by atoms with Gasteiger partial charge in [-0.2, -0.15) is 0 Å². The first-order valence-corrected chi connectivity index (χ1v) is 9.66. The van der Waals surface area contributed by atoms with Crippen LogP contribution in [0, 0.1) is 16.0 Å². The Morgan fingerprint density at radius 3 is 2.67 bits per heavy atom. The molecule has 1 aromatic carbocycles. The Balaban J connectivity index is 1.91. The zero-order valence-corrected chi connectivity index (χ0v) is 16.2. The Hall–Kier alpha value is -2.68. The van der Waals surface area contributed by atoms with Crippen molar-refractivity contribution in [2.24, 2.45) is 5.92 Å². The van der Waals surface area contributed by atoms with Gasteiger partial charge < -0.3 is 10.6 Å².